The van der Waals surface area contributed by atoms with E-state index in [1.807, 2.05) is 46.4 Å². The number of piperazine rings is 1. The molecule has 2 amide bonds. The largest absolute Gasteiger partial charge is 0.509 e. The van der Waals surface area contributed by atoms with Gasteiger partial charge in [0.05, 0.1) is 0 Å². The van der Waals surface area contributed by atoms with Crippen LogP contribution in [0.1, 0.15) is 85.1 Å². The minimum Gasteiger partial charge on any atom is -0.509 e. The van der Waals surface area contributed by atoms with Crippen molar-refractivity contribution in [2.75, 3.05) is 56.9 Å². The van der Waals surface area contributed by atoms with Crippen molar-refractivity contribution in [1.82, 2.24) is 25.1 Å². The number of piperidine rings is 1. The molecule has 3 rings (SSSR count). The van der Waals surface area contributed by atoms with Gasteiger partial charge < -0.3 is 31.8 Å². The Hall–Kier alpha value is -4.04. The molecule has 1 aromatic heterocycles. The van der Waals surface area contributed by atoms with Crippen LogP contribution in [0.25, 0.3) is 0 Å². The quantitative estimate of drug-likeness (QED) is 0.132. The lowest BCUT2D eigenvalue weighted by Crippen LogP contribution is -2.59. The van der Waals surface area contributed by atoms with Crippen molar-refractivity contribution in [3.8, 4) is 0 Å². The van der Waals surface area contributed by atoms with Crippen molar-refractivity contribution >= 4 is 23.5 Å². The highest BCUT2D eigenvalue weighted by Gasteiger charge is 2.34. The number of nitrogens with zero attached hydrogens (tertiary/aromatic N) is 5. The lowest BCUT2D eigenvalue weighted by atomic mass is 9.96. The van der Waals surface area contributed by atoms with Crippen molar-refractivity contribution in [3.63, 3.8) is 0 Å². The summed E-state index contributed by atoms with van der Waals surface area (Å²) in [4.78, 5) is 61.1. The fourth-order valence-electron chi connectivity index (χ4n) is 5.55. The number of likely N-dealkylation sites (tertiary alicyclic amines) is 1. The zero-order valence-corrected chi connectivity index (χ0v) is 29.9. The molecule has 0 aromatic carbocycles. The smallest absolute Gasteiger partial charge is 0.291 e. The van der Waals surface area contributed by atoms with E-state index >= 15 is 0 Å². The molecule has 7 N–H and O–H groups in total. The van der Waals surface area contributed by atoms with Gasteiger partial charge in [0.1, 0.15) is 11.5 Å². The number of H-pyrrole nitrogens is 1. The molecule has 14 nitrogen and oxygen atoms in total. The number of likely N-dealkylation sites (N-methyl/N-ethyl adjacent to an activating group) is 1. The summed E-state index contributed by atoms with van der Waals surface area (Å²) in [5.74, 6) is -1.35. The lowest BCUT2D eigenvalue weighted by Gasteiger charge is -2.47. The Morgan fingerprint density at radius 2 is 1.72 bits per heavy atom. The number of carbonyl (C=O) groups is 2. The molecule has 0 aliphatic carbocycles. The van der Waals surface area contributed by atoms with Gasteiger partial charge in [-0.15, -0.1) is 4.91 Å². The number of nitroso groups, excluding NO2 is 1. The molecule has 2 aliphatic rings. The zero-order chi connectivity index (χ0) is 36.3. The Morgan fingerprint density at radius 3 is 2.21 bits per heavy atom. The zero-order valence-electron chi connectivity index (χ0n) is 29.9. The summed E-state index contributed by atoms with van der Waals surface area (Å²) in [5.41, 5.74) is 11.7. The number of hydrogen-bond acceptors (Lipinski definition) is 11. The molecule has 0 bridgehead atoms. The first kappa shape index (κ1) is 43.0. The average molecular weight is 662 g/mol. The lowest BCUT2D eigenvalue weighted by molar-refractivity contribution is -0.121. The highest BCUT2D eigenvalue weighted by Crippen LogP contribution is 2.26. The van der Waals surface area contributed by atoms with Crippen LogP contribution in [0.4, 0.5) is 11.6 Å². The minimum atomic E-state index is -1.16. The molecule has 2 saturated heterocycles. The van der Waals surface area contributed by atoms with E-state index in [9.17, 15) is 24.4 Å². The highest BCUT2D eigenvalue weighted by atomic mass is 16.3. The molecular formula is C33H59N9O5. The summed E-state index contributed by atoms with van der Waals surface area (Å²) in [7, 11) is 1.46. The van der Waals surface area contributed by atoms with Crippen molar-refractivity contribution in [3.05, 3.63) is 56.6 Å². The second kappa shape index (κ2) is 22.5. The number of nitrogens with one attached hydrogen (secondary N) is 2. The number of nitrogens with two attached hydrogens (primary N) is 2. The SMILES string of the molecule is C=C(O)/C=C\C(CN1CCC(N2CCN(c3nc(N)c(C(N)=O)[nH]c3=O)CC2CC)CC1)=C(/C)C(N=O)C(=O)NC.CC.CC.CC. The number of aromatic nitrogens is 2. The van der Waals surface area contributed by atoms with Gasteiger partial charge in [-0.2, -0.15) is 0 Å². The molecule has 1 aromatic rings. The van der Waals surface area contributed by atoms with Crippen LogP contribution in [0.3, 0.4) is 0 Å². The third kappa shape index (κ3) is 12.2. The number of anilines is 2. The fraction of sp³-hybridized carbons (Fsp3) is 0.636. The van der Waals surface area contributed by atoms with E-state index in [-0.39, 0.29) is 29.1 Å². The van der Waals surface area contributed by atoms with Gasteiger partial charge >= 0.3 is 0 Å². The van der Waals surface area contributed by atoms with Gasteiger partial charge in [-0.3, -0.25) is 24.2 Å². The van der Waals surface area contributed by atoms with Gasteiger partial charge in [0.25, 0.3) is 17.4 Å². The molecule has 2 aliphatic heterocycles. The predicted molar refractivity (Wildman–Crippen MR) is 192 cm³/mol. The van der Waals surface area contributed by atoms with E-state index in [1.54, 1.807) is 13.0 Å². The number of rotatable bonds is 11. The summed E-state index contributed by atoms with van der Waals surface area (Å²) in [5, 5.41) is 15.1. The van der Waals surface area contributed by atoms with E-state index in [1.165, 1.54) is 13.1 Å². The van der Waals surface area contributed by atoms with E-state index in [4.69, 9.17) is 11.5 Å². The summed E-state index contributed by atoms with van der Waals surface area (Å²) in [6, 6.07) is -0.611. The van der Waals surface area contributed by atoms with Crippen molar-refractivity contribution in [1.29, 1.82) is 0 Å². The first-order chi connectivity index (χ1) is 22.5. The maximum atomic E-state index is 12.6. The van der Waals surface area contributed by atoms with Crippen LogP contribution < -0.4 is 27.2 Å². The van der Waals surface area contributed by atoms with Gasteiger partial charge in [0, 0.05) is 45.3 Å². The molecule has 2 unspecified atom stereocenters. The number of nitrogen functional groups attached to an aromatic ring is 1. The third-order valence-electron chi connectivity index (χ3n) is 7.88. The van der Waals surface area contributed by atoms with Crippen molar-refractivity contribution in [2.24, 2.45) is 10.9 Å². The van der Waals surface area contributed by atoms with Crippen LogP contribution in [0.2, 0.25) is 0 Å². The number of amides is 2. The van der Waals surface area contributed by atoms with Crippen LogP contribution in [0.15, 0.2) is 45.6 Å². The first-order valence-corrected chi connectivity index (χ1v) is 16.7. The van der Waals surface area contributed by atoms with Gasteiger partial charge in [0.15, 0.2) is 17.7 Å². The number of allylic oxidation sites excluding steroid dienone is 1. The molecule has 14 heteroatoms. The monoisotopic (exact) mass is 661 g/mol. The van der Waals surface area contributed by atoms with Gasteiger partial charge in [-0.1, -0.05) is 66.3 Å². The van der Waals surface area contributed by atoms with E-state index in [0.29, 0.717) is 31.2 Å². The molecule has 2 fully saturated rings. The number of aliphatic hydroxyl groups excluding tert-OH is 1. The maximum Gasteiger partial charge on any atom is 0.291 e. The Morgan fingerprint density at radius 1 is 1.13 bits per heavy atom. The van der Waals surface area contributed by atoms with Gasteiger partial charge in [-0.05, 0) is 56.5 Å². The summed E-state index contributed by atoms with van der Waals surface area (Å²) < 4.78 is 0. The average Bonchev–Trinajstić information content (AvgIpc) is 3.10. The van der Waals surface area contributed by atoms with Crippen LogP contribution in [-0.4, -0.2) is 101 Å². The molecule has 2 atom stereocenters. The van der Waals surface area contributed by atoms with Crippen molar-refractivity contribution in [2.45, 2.75) is 92.8 Å². The molecule has 3 heterocycles. The number of primary amides is 1. The molecule has 47 heavy (non-hydrogen) atoms. The van der Waals surface area contributed by atoms with Crippen LogP contribution in [0.5, 0.6) is 0 Å². The normalized spacial score (nSPS) is 18.2. The molecule has 266 valence electrons. The fourth-order valence-corrected chi connectivity index (χ4v) is 5.55. The third-order valence-corrected chi connectivity index (χ3v) is 7.88. The van der Waals surface area contributed by atoms with E-state index < -0.39 is 23.4 Å². The van der Waals surface area contributed by atoms with Crippen molar-refractivity contribution < 1.29 is 14.7 Å². The molecular weight excluding hydrogens is 602 g/mol. The summed E-state index contributed by atoms with van der Waals surface area (Å²) in [6.45, 7) is 23.3. The first-order valence-electron chi connectivity index (χ1n) is 16.7. The topological polar surface area (TPSA) is 203 Å². The summed E-state index contributed by atoms with van der Waals surface area (Å²) in [6.07, 6.45) is 5.84. The minimum absolute atomic E-state index is 0.0951. The highest BCUT2D eigenvalue weighted by molar-refractivity contribution is 5.95. The van der Waals surface area contributed by atoms with Gasteiger partial charge in [-0.25, -0.2) is 4.98 Å². The molecule has 0 spiro atoms. The van der Waals surface area contributed by atoms with Crippen LogP contribution >= 0.6 is 0 Å². The van der Waals surface area contributed by atoms with Crippen LogP contribution in [0, 0.1) is 4.91 Å². The number of hydrogen-bond donors (Lipinski definition) is 5. The van der Waals surface area contributed by atoms with Gasteiger partial charge in [0.2, 0.25) is 0 Å². The Balaban J connectivity index is 0.00000333. The maximum absolute atomic E-state index is 12.6. The Bertz CT molecular complexity index is 1270. The van der Waals surface area contributed by atoms with E-state index in [2.05, 4.69) is 43.8 Å². The predicted octanol–water partition coefficient (Wildman–Crippen LogP) is 3.72. The molecule has 0 saturated carbocycles. The Labute approximate surface area is 280 Å². The summed E-state index contributed by atoms with van der Waals surface area (Å²) >= 11 is 0. The second-order valence-corrected chi connectivity index (χ2v) is 10.4. The van der Waals surface area contributed by atoms with E-state index in [0.717, 1.165) is 44.5 Å². The van der Waals surface area contributed by atoms with Crippen LogP contribution in [-0.2, 0) is 4.79 Å². The number of aliphatic hydroxyl groups is 1. The molecule has 0 radical (unpaired) electrons. The Kier molecular flexibility index (Phi) is 20.5. The standard InChI is InChI=1S/C27H41N9O5.3C2H6/c1-5-19-15-35(25-27(40)31-22(24(29)38)23(28)32-25)12-13-36(19)20-8-10-34(11-9-20)14-18(7-6-16(2)37)17(3)21(33-41)26(39)30-4;3*1-2/h6-7,19-21,37H,2,5,8-15H2,1,3-4H3,(H2,28,32)(H2,29,38)(H,30,39)(H,31,40);3*1-2H3/b7-6-,18-17-;;;. The number of aromatic amines is 1. The number of carbonyl (C=O) groups excluding carboxylic acids is 2. The second-order valence-electron chi connectivity index (χ2n) is 10.4.